The molecule has 0 radical (unpaired) electrons. The van der Waals surface area contributed by atoms with Gasteiger partial charge >= 0.3 is 5.97 Å². The fourth-order valence-electron chi connectivity index (χ4n) is 0.361. The van der Waals surface area contributed by atoms with Gasteiger partial charge in [-0.2, -0.15) is 0 Å². The number of carboxylic acid groups (broad SMARTS) is 1. The third-order valence-corrected chi connectivity index (χ3v) is 1.14. The SMILES string of the molecule is CCN(C)C(O)C(=O)O. The van der Waals surface area contributed by atoms with Crippen LogP contribution in [-0.2, 0) is 4.79 Å². The average molecular weight is 133 g/mol. The highest BCUT2D eigenvalue weighted by molar-refractivity contribution is 5.71. The molecule has 9 heavy (non-hydrogen) atoms. The van der Waals surface area contributed by atoms with Crippen molar-refractivity contribution in [3.8, 4) is 0 Å². The van der Waals surface area contributed by atoms with Crippen LogP contribution >= 0.6 is 0 Å². The van der Waals surface area contributed by atoms with Crippen LogP contribution in [0.15, 0.2) is 0 Å². The summed E-state index contributed by atoms with van der Waals surface area (Å²) in [5.41, 5.74) is 0. The second kappa shape index (κ2) is 3.42. The van der Waals surface area contributed by atoms with E-state index in [1.54, 1.807) is 14.0 Å². The van der Waals surface area contributed by atoms with Gasteiger partial charge in [0.1, 0.15) is 0 Å². The predicted octanol–water partition coefficient (Wildman–Crippen LogP) is -0.659. The van der Waals surface area contributed by atoms with Gasteiger partial charge in [0.15, 0.2) is 0 Å². The van der Waals surface area contributed by atoms with E-state index in [9.17, 15) is 4.79 Å². The molecule has 0 aromatic rings. The molecule has 0 fully saturated rings. The number of aliphatic hydroxyl groups excluding tert-OH is 1. The third-order valence-electron chi connectivity index (χ3n) is 1.14. The van der Waals surface area contributed by atoms with Crippen molar-refractivity contribution in [1.82, 2.24) is 4.90 Å². The van der Waals surface area contributed by atoms with Gasteiger partial charge in [-0.3, -0.25) is 4.90 Å². The van der Waals surface area contributed by atoms with E-state index in [1.807, 2.05) is 0 Å². The van der Waals surface area contributed by atoms with E-state index < -0.39 is 12.2 Å². The Morgan fingerprint density at radius 3 is 2.33 bits per heavy atom. The molecule has 0 aliphatic carbocycles. The smallest absolute Gasteiger partial charge is 0.348 e. The second-order valence-electron chi connectivity index (χ2n) is 1.79. The Bertz CT molecular complexity index is 104. The van der Waals surface area contributed by atoms with E-state index in [1.165, 1.54) is 4.90 Å². The van der Waals surface area contributed by atoms with Crippen molar-refractivity contribution in [2.75, 3.05) is 13.6 Å². The molecule has 0 aromatic heterocycles. The summed E-state index contributed by atoms with van der Waals surface area (Å²) in [6.45, 7) is 2.29. The number of nitrogens with zero attached hydrogens (tertiary/aromatic N) is 1. The summed E-state index contributed by atoms with van der Waals surface area (Å²) in [6.07, 6.45) is -1.37. The first kappa shape index (κ1) is 8.39. The highest BCUT2D eigenvalue weighted by Gasteiger charge is 2.16. The number of carboxylic acids is 1. The molecule has 0 amide bonds. The minimum Gasteiger partial charge on any atom is -0.478 e. The first-order chi connectivity index (χ1) is 4.09. The van der Waals surface area contributed by atoms with Crippen LogP contribution in [0.1, 0.15) is 6.92 Å². The van der Waals surface area contributed by atoms with Gasteiger partial charge in [-0.1, -0.05) is 6.92 Å². The van der Waals surface area contributed by atoms with Crippen molar-refractivity contribution in [2.24, 2.45) is 0 Å². The molecule has 0 saturated carbocycles. The van der Waals surface area contributed by atoms with Gasteiger partial charge in [-0.05, 0) is 13.6 Å². The molecule has 0 aliphatic heterocycles. The number of rotatable bonds is 3. The van der Waals surface area contributed by atoms with Crippen LogP contribution in [0.25, 0.3) is 0 Å². The molecule has 0 rings (SSSR count). The summed E-state index contributed by atoms with van der Waals surface area (Å²) in [5, 5.41) is 16.9. The van der Waals surface area contributed by atoms with Gasteiger partial charge in [0.05, 0.1) is 0 Å². The quantitative estimate of drug-likeness (QED) is 0.502. The average Bonchev–Trinajstić information content (AvgIpc) is 1.84. The van der Waals surface area contributed by atoms with Gasteiger partial charge < -0.3 is 10.2 Å². The van der Waals surface area contributed by atoms with Crippen molar-refractivity contribution in [1.29, 1.82) is 0 Å². The molecular weight excluding hydrogens is 122 g/mol. The largest absolute Gasteiger partial charge is 0.478 e. The Kier molecular flexibility index (Phi) is 3.19. The van der Waals surface area contributed by atoms with E-state index >= 15 is 0 Å². The molecule has 4 nitrogen and oxygen atoms in total. The number of carbonyl (C=O) groups is 1. The Hall–Kier alpha value is -0.610. The summed E-state index contributed by atoms with van der Waals surface area (Å²) in [5.74, 6) is -1.21. The van der Waals surface area contributed by atoms with E-state index in [4.69, 9.17) is 10.2 Å². The standard InChI is InChI=1S/C5H11NO3/c1-3-6(2)4(7)5(8)9/h4,7H,3H2,1-2H3,(H,8,9). The fourth-order valence-corrected chi connectivity index (χ4v) is 0.361. The maximum Gasteiger partial charge on any atom is 0.348 e. The molecule has 0 saturated heterocycles. The van der Waals surface area contributed by atoms with Gasteiger partial charge in [0.25, 0.3) is 0 Å². The number of aliphatic carboxylic acids is 1. The zero-order valence-corrected chi connectivity index (χ0v) is 5.53. The van der Waals surface area contributed by atoms with Crippen molar-refractivity contribution >= 4 is 5.97 Å². The highest BCUT2D eigenvalue weighted by atomic mass is 16.4. The third kappa shape index (κ3) is 2.43. The van der Waals surface area contributed by atoms with Crippen molar-refractivity contribution in [2.45, 2.75) is 13.2 Å². The predicted molar refractivity (Wildman–Crippen MR) is 31.9 cm³/mol. The molecule has 1 atom stereocenters. The van der Waals surface area contributed by atoms with Crippen LogP contribution < -0.4 is 0 Å². The number of hydrogen-bond acceptors (Lipinski definition) is 3. The zero-order valence-electron chi connectivity index (χ0n) is 5.53. The van der Waals surface area contributed by atoms with Crippen LogP contribution in [0.3, 0.4) is 0 Å². The van der Waals surface area contributed by atoms with E-state index in [-0.39, 0.29) is 0 Å². The van der Waals surface area contributed by atoms with Crippen LogP contribution in [0.4, 0.5) is 0 Å². The lowest BCUT2D eigenvalue weighted by molar-refractivity contribution is -0.155. The number of aliphatic hydroxyl groups is 1. The van der Waals surface area contributed by atoms with Gasteiger partial charge in [-0.25, -0.2) is 4.79 Å². The zero-order chi connectivity index (χ0) is 7.44. The van der Waals surface area contributed by atoms with E-state index in [0.717, 1.165) is 0 Å². The first-order valence-corrected chi connectivity index (χ1v) is 2.70. The Morgan fingerprint density at radius 2 is 2.22 bits per heavy atom. The van der Waals surface area contributed by atoms with Crippen molar-refractivity contribution in [3.63, 3.8) is 0 Å². The molecule has 0 aliphatic rings. The normalized spacial score (nSPS) is 13.8. The maximum atomic E-state index is 10.0. The second-order valence-corrected chi connectivity index (χ2v) is 1.79. The lowest BCUT2D eigenvalue weighted by Crippen LogP contribution is -2.37. The molecule has 4 heteroatoms. The van der Waals surface area contributed by atoms with Gasteiger partial charge in [0, 0.05) is 0 Å². The molecule has 0 bridgehead atoms. The minimum atomic E-state index is -1.37. The summed E-state index contributed by atoms with van der Waals surface area (Å²) in [4.78, 5) is 11.3. The lowest BCUT2D eigenvalue weighted by atomic mass is 10.5. The number of likely N-dealkylation sites (N-methyl/N-ethyl adjacent to an activating group) is 1. The molecule has 1 unspecified atom stereocenters. The first-order valence-electron chi connectivity index (χ1n) is 2.70. The topological polar surface area (TPSA) is 60.8 Å². The fraction of sp³-hybridized carbons (Fsp3) is 0.800. The molecule has 54 valence electrons. The molecular formula is C5H11NO3. The van der Waals surface area contributed by atoms with Crippen LogP contribution in [0.5, 0.6) is 0 Å². The molecule has 2 N–H and O–H groups in total. The Morgan fingerprint density at radius 1 is 1.78 bits per heavy atom. The van der Waals surface area contributed by atoms with Crippen molar-refractivity contribution in [3.05, 3.63) is 0 Å². The van der Waals surface area contributed by atoms with Gasteiger partial charge in [0.2, 0.25) is 6.23 Å². The van der Waals surface area contributed by atoms with Crippen molar-refractivity contribution < 1.29 is 15.0 Å². The Balaban J connectivity index is 3.72. The van der Waals surface area contributed by atoms with Crippen LogP contribution in [-0.4, -0.2) is 40.9 Å². The molecule has 0 heterocycles. The minimum absolute atomic E-state index is 0.521. The van der Waals surface area contributed by atoms with Crippen LogP contribution in [0, 0.1) is 0 Å². The Labute approximate surface area is 53.7 Å². The summed E-state index contributed by atoms with van der Waals surface area (Å²) in [7, 11) is 1.54. The van der Waals surface area contributed by atoms with Crippen LogP contribution in [0.2, 0.25) is 0 Å². The lowest BCUT2D eigenvalue weighted by Gasteiger charge is -2.16. The van der Waals surface area contributed by atoms with Gasteiger partial charge in [-0.15, -0.1) is 0 Å². The summed E-state index contributed by atoms with van der Waals surface area (Å²) >= 11 is 0. The number of hydrogen-bond donors (Lipinski definition) is 2. The maximum absolute atomic E-state index is 10.0. The summed E-state index contributed by atoms with van der Waals surface area (Å²) in [6, 6.07) is 0. The van der Waals surface area contributed by atoms with E-state index in [2.05, 4.69) is 0 Å². The monoisotopic (exact) mass is 133 g/mol. The van der Waals surface area contributed by atoms with E-state index in [0.29, 0.717) is 6.54 Å². The molecule has 0 spiro atoms. The highest BCUT2D eigenvalue weighted by Crippen LogP contribution is 1.89. The molecule has 0 aromatic carbocycles. The summed E-state index contributed by atoms with van der Waals surface area (Å²) < 4.78 is 0.